The lowest BCUT2D eigenvalue weighted by Gasteiger charge is -2.17. The summed E-state index contributed by atoms with van der Waals surface area (Å²) in [6, 6.07) is 0. The van der Waals surface area contributed by atoms with E-state index in [0.29, 0.717) is 18.3 Å². The Kier molecular flexibility index (Phi) is 11.3. The number of allylic oxidation sites excluding steroid dienone is 5. The normalized spacial score (nSPS) is 21.5. The molecule has 1 aliphatic carbocycles. The standard InChI is InChI=1S/C23H37FO4/c1-4-5-11-19(18(2)24)13-9-14-21-16-10-15-20(21)12-7-6-8-17-23(26,27)22(25)28-3/h6-7,9,14,19-21,26-27H,2,4-5,8,10-13,15-17H2,1,3H3/t19-,20-,21-/m0/s1. The SMILES string of the molecule is C=C(F)[C@H](CC=C[C@H]1CCC[C@@H]1CC=CCCC(O)(O)C(=O)OC)CCCC. The first-order valence-electron chi connectivity index (χ1n) is 10.5. The Hall–Kier alpha value is -1.46. The van der Waals surface area contributed by atoms with Gasteiger partial charge in [0.05, 0.1) is 12.9 Å². The van der Waals surface area contributed by atoms with E-state index in [0.717, 1.165) is 45.6 Å². The van der Waals surface area contributed by atoms with Gasteiger partial charge in [0.1, 0.15) is 0 Å². The number of hydrogen-bond donors (Lipinski definition) is 2. The highest BCUT2D eigenvalue weighted by atomic mass is 19.1. The van der Waals surface area contributed by atoms with E-state index in [1.165, 1.54) is 12.8 Å². The maximum Gasteiger partial charge on any atom is 0.366 e. The lowest BCUT2D eigenvalue weighted by atomic mass is 9.90. The fourth-order valence-electron chi connectivity index (χ4n) is 3.82. The summed E-state index contributed by atoms with van der Waals surface area (Å²) in [5.41, 5.74) is 0. The maximum absolute atomic E-state index is 13.6. The van der Waals surface area contributed by atoms with E-state index in [4.69, 9.17) is 0 Å². The second-order valence-corrected chi connectivity index (χ2v) is 7.86. The number of methoxy groups -OCH3 is 1. The smallest absolute Gasteiger partial charge is 0.366 e. The summed E-state index contributed by atoms with van der Waals surface area (Å²) in [5.74, 6) is -2.66. The van der Waals surface area contributed by atoms with E-state index < -0.39 is 11.8 Å². The number of esters is 1. The molecule has 1 fully saturated rings. The largest absolute Gasteiger partial charge is 0.465 e. The fraction of sp³-hybridized carbons (Fsp3) is 0.696. The van der Waals surface area contributed by atoms with Gasteiger partial charge in [-0.15, -0.1) is 0 Å². The van der Waals surface area contributed by atoms with Gasteiger partial charge in [0.25, 0.3) is 5.79 Å². The van der Waals surface area contributed by atoms with E-state index in [1.54, 1.807) is 0 Å². The summed E-state index contributed by atoms with van der Waals surface area (Å²) in [6.45, 7) is 5.60. The summed E-state index contributed by atoms with van der Waals surface area (Å²) < 4.78 is 17.9. The molecule has 1 rings (SSSR count). The van der Waals surface area contributed by atoms with Gasteiger partial charge in [-0.25, -0.2) is 9.18 Å². The van der Waals surface area contributed by atoms with Crippen molar-refractivity contribution in [3.63, 3.8) is 0 Å². The molecule has 28 heavy (non-hydrogen) atoms. The predicted molar refractivity (Wildman–Crippen MR) is 110 cm³/mol. The Labute approximate surface area is 169 Å². The highest BCUT2D eigenvalue weighted by Gasteiger charge is 2.33. The number of hydrogen-bond acceptors (Lipinski definition) is 4. The molecule has 2 N–H and O–H groups in total. The van der Waals surface area contributed by atoms with Crippen LogP contribution in [0, 0.1) is 17.8 Å². The second kappa shape index (κ2) is 12.9. The van der Waals surface area contributed by atoms with Crippen LogP contribution in [0.1, 0.15) is 71.1 Å². The molecule has 4 nitrogen and oxygen atoms in total. The van der Waals surface area contributed by atoms with Crippen LogP contribution in [0.2, 0.25) is 0 Å². The van der Waals surface area contributed by atoms with E-state index >= 15 is 0 Å². The van der Waals surface area contributed by atoms with Crippen molar-refractivity contribution < 1.29 is 24.1 Å². The number of ether oxygens (including phenoxy) is 1. The highest BCUT2D eigenvalue weighted by Crippen LogP contribution is 2.36. The average molecular weight is 397 g/mol. The van der Waals surface area contributed by atoms with Crippen LogP contribution in [0.25, 0.3) is 0 Å². The number of carbonyl (C=O) groups excluding carboxylic acids is 1. The monoisotopic (exact) mass is 396 g/mol. The molecule has 0 unspecified atom stereocenters. The van der Waals surface area contributed by atoms with E-state index in [-0.39, 0.29) is 18.2 Å². The van der Waals surface area contributed by atoms with Gasteiger partial charge in [-0.05, 0) is 50.4 Å². The molecular weight excluding hydrogens is 359 g/mol. The van der Waals surface area contributed by atoms with Crippen LogP contribution in [0.4, 0.5) is 4.39 Å². The summed E-state index contributed by atoms with van der Waals surface area (Å²) in [4.78, 5) is 11.2. The Morgan fingerprint density at radius 3 is 2.71 bits per heavy atom. The van der Waals surface area contributed by atoms with Gasteiger partial charge >= 0.3 is 5.97 Å². The minimum atomic E-state index is -2.42. The number of aliphatic hydroxyl groups is 2. The van der Waals surface area contributed by atoms with Crippen molar-refractivity contribution in [2.24, 2.45) is 17.8 Å². The number of halogens is 1. The van der Waals surface area contributed by atoms with Gasteiger partial charge < -0.3 is 14.9 Å². The molecule has 3 atom stereocenters. The molecule has 0 bridgehead atoms. The quantitative estimate of drug-likeness (QED) is 0.254. The Balaban J connectivity index is 2.41. The molecule has 0 aromatic heterocycles. The number of unbranched alkanes of at least 4 members (excludes halogenated alkanes) is 1. The average Bonchev–Trinajstić information content (AvgIpc) is 3.10. The summed E-state index contributed by atoms with van der Waals surface area (Å²) in [7, 11) is 1.13. The van der Waals surface area contributed by atoms with Gasteiger partial charge in [-0.1, -0.05) is 57.1 Å². The molecule has 0 aliphatic heterocycles. The van der Waals surface area contributed by atoms with Gasteiger partial charge in [0.2, 0.25) is 0 Å². The Bertz CT molecular complexity index is 539. The first-order chi connectivity index (χ1) is 13.3. The van der Waals surface area contributed by atoms with Crippen LogP contribution in [-0.4, -0.2) is 29.1 Å². The van der Waals surface area contributed by atoms with Gasteiger partial charge in [-0.2, -0.15) is 0 Å². The van der Waals surface area contributed by atoms with Crippen LogP contribution in [-0.2, 0) is 9.53 Å². The molecule has 5 heteroatoms. The lowest BCUT2D eigenvalue weighted by molar-refractivity contribution is -0.208. The third-order valence-electron chi connectivity index (χ3n) is 5.65. The molecule has 0 aromatic rings. The predicted octanol–water partition coefficient (Wildman–Crippen LogP) is 5.22. The minimum absolute atomic E-state index is 0.0667. The van der Waals surface area contributed by atoms with Crippen molar-refractivity contribution in [3.05, 3.63) is 36.7 Å². The molecule has 0 heterocycles. The van der Waals surface area contributed by atoms with Crippen molar-refractivity contribution in [1.82, 2.24) is 0 Å². The summed E-state index contributed by atoms with van der Waals surface area (Å²) in [6.07, 6.45) is 16.7. The Morgan fingerprint density at radius 2 is 2.07 bits per heavy atom. The van der Waals surface area contributed by atoms with Crippen LogP contribution >= 0.6 is 0 Å². The molecule has 1 saturated carbocycles. The van der Waals surface area contributed by atoms with E-state index in [9.17, 15) is 19.4 Å². The molecule has 160 valence electrons. The first-order valence-corrected chi connectivity index (χ1v) is 10.5. The third kappa shape index (κ3) is 8.70. The van der Waals surface area contributed by atoms with Crippen molar-refractivity contribution in [2.75, 3.05) is 7.11 Å². The van der Waals surface area contributed by atoms with Gasteiger partial charge in [0.15, 0.2) is 0 Å². The summed E-state index contributed by atoms with van der Waals surface area (Å²) in [5, 5.41) is 19.2. The van der Waals surface area contributed by atoms with Crippen molar-refractivity contribution in [2.45, 2.75) is 76.9 Å². The molecule has 1 aliphatic rings. The van der Waals surface area contributed by atoms with Gasteiger partial charge in [0, 0.05) is 12.3 Å². The van der Waals surface area contributed by atoms with E-state index in [2.05, 4.69) is 36.5 Å². The fourth-order valence-corrected chi connectivity index (χ4v) is 3.82. The highest BCUT2D eigenvalue weighted by molar-refractivity contribution is 5.76. The molecular formula is C23H37FO4. The van der Waals surface area contributed by atoms with Crippen LogP contribution in [0.3, 0.4) is 0 Å². The van der Waals surface area contributed by atoms with E-state index in [1.807, 2.05) is 6.08 Å². The van der Waals surface area contributed by atoms with Crippen LogP contribution in [0.5, 0.6) is 0 Å². The van der Waals surface area contributed by atoms with Crippen LogP contribution < -0.4 is 0 Å². The summed E-state index contributed by atoms with van der Waals surface area (Å²) >= 11 is 0. The molecule has 0 amide bonds. The third-order valence-corrected chi connectivity index (χ3v) is 5.65. The number of rotatable bonds is 13. The molecule has 0 radical (unpaired) electrons. The first kappa shape index (κ1) is 24.6. The molecule has 0 saturated heterocycles. The van der Waals surface area contributed by atoms with Crippen molar-refractivity contribution >= 4 is 5.97 Å². The molecule has 0 spiro atoms. The van der Waals surface area contributed by atoms with Gasteiger partial charge in [-0.3, -0.25) is 0 Å². The second-order valence-electron chi connectivity index (χ2n) is 7.86. The minimum Gasteiger partial charge on any atom is -0.465 e. The maximum atomic E-state index is 13.6. The Morgan fingerprint density at radius 1 is 1.32 bits per heavy atom. The topological polar surface area (TPSA) is 66.8 Å². The molecule has 0 aromatic carbocycles. The zero-order chi connectivity index (χ0) is 21.0. The lowest BCUT2D eigenvalue weighted by Crippen LogP contribution is -2.39. The van der Waals surface area contributed by atoms with Crippen molar-refractivity contribution in [1.29, 1.82) is 0 Å². The zero-order valence-electron chi connectivity index (χ0n) is 17.4. The van der Waals surface area contributed by atoms with Crippen LogP contribution in [0.15, 0.2) is 36.7 Å². The zero-order valence-corrected chi connectivity index (χ0v) is 17.4. The van der Waals surface area contributed by atoms with Crippen molar-refractivity contribution in [3.8, 4) is 0 Å². The number of carbonyl (C=O) groups is 1.